The molecule has 2 rings (SSSR count). The molecule has 0 saturated heterocycles. The molecule has 0 spiro atoms. The van der Waals surface area contributed by atoms with E-state index in [1.54, 1.807) is 0 Å². The van der Waals surface area contributed by atoms with Crippen molar-refractivity contribution in [2.24, 2.45) is 0 Å². The summed E-state index contributed by atoms with van der Waals surface area (Å²) >= 11 is 0. The van der Waals surface area contributed by atoms with Crippen LogP contribution in [-0.2, 0) is 28.6 Å². The number of hydrogen-bond acceptors (Lipinski definition) is 4. The van der Waals surface area contributed by atoms with Crippen molar-refractivity contribution in [3.63, 3.8) is 0 Å². The first-order valence-corrected chi connectivity index (χ1v) is 6.47. The summed E-state index contributed by atoms with van der Waals surface area (Å²) in [6, 6.07) is 0. The van der Waals surface area contributed by atoms with E-state index in [-0.39, 0.29) is 30.2 Å². The highest BCUT2D eigenvalue weighted by atomic mass is 32.2. The van der Waals surface area contributed by atoms with Crippen LogP contribution in [0.25, 0.3) is 0 Å². The van der Waals surface area contributed by atoms with Crippen molar-refractivity contribution in [1.82, 2.24) is 9.78 Å². The molecular weight excluding hydrogens is 220 g/mol. The number of rotatable bonds is 2. The molecule has 15 heavy (non-hydrogen) atoms. The smallest absolute Gasteiger partial charge is 0.271 e. The van der Waals surface area contributed by atoms with Crippen LogP contribution in [0.15, 0.2) is 4.79 Å². The van der Waals surface area contributed by atoms with E-state index in [0.717, 1.165) is 0 Å². The number of nitrogens with one attached hydrogen (secondary N) is 1. The maximum atomic E-state index is 11.6. The zero-order chi connectivity index (χ0) is 11.1. The van der Waals surface area contributed by atoms with Gasteiger partial charge in [-0.2, -0.15) is 0 Å². The van der Waals surface area contributed by atoms with Crippen LogP contribution >= 0.6 is 0 Å². The molecule has 1 aromatic heterocycles. The van der Waals surface area contributed by atoms with Gasteiger partial charge in [-0.05, 0) is 0 Å². The van der Waals surface area contributed by atoms with Crippen molar-refractivity contribution >= 4 is 9.84 Å². The molecule has 2 N–H and O–H groups in total. The summed E-state index contributed by atoms with van der Waals surface area (Å²) in [5.41, 5.74) is 0.681. The Morgan fingerprint density at radius 1 is 1.47 bits per heavy atom. The van der Waals surface area contributed by atoms with Gasteiger partial charge in [0.1, 0.15) is 0 Å². The number of aliphatic hydroxyl groups is 1. The van der Waals surface area contributed by atoms with Crippen molar-refractivity contribution in [2.45, 2.75) is 18.7 Å². The van der Waals surface area contributed by atoms with E-state index in [4.69, 9.17) is 5.11 Å². The van der Waals surface area contributed by atoms with Crippen LogP contribution < -0.4 is 5.56 Å². The summed E-state index contributed by atoms with van der Waals surface area (Å²) in [4.78, 5) is 11.6. The Balaban J connectivity index is 2.47. The van der Waals surface area contributed by atoms with Crippen molar-refractivity contribution in [3.05, 3.63) is 21.6 Å². The predicted octanol–water partition coefficient (Wildman–Crippen LogP) is -1.36. The maximum Gasteiger partial charge on any atom is 0.271 e. The normalized spacial score (nSPS) is 18.7. The highest BCUT2D eigenvalue weighted by Crippen LogP contribution is 2.15. The standard InChI is InChI=1S/C8H12N2O4S/c11-3-2-10-8(12)6-5-15(13,14)4-1-7(6)9-10/h9,11H,1-5H2. The molecule has 1 aromatic rings. The number of H-pyrrole nitrogens is 1. The first-order chi connectivity index (χ1) is 7.03. The fourth-order valence-corrected chi connectivity index (χ4v) is 3.13. The van der Waals surface area contributed by atoms with Crippen LogP contribution in [0.4, 0.5) is 0 Å². The Kier molecular flexibility index (Phi) is 2.43. The SMILES string of the molecule is O=c1c2c([nH]n1CCO)CCS(=O)(=O)C2. The van der Waals surface area contributed by atoms with E-state index in [1.165, 1.54) is 4.68 Å². The van der Waals surface area contributed by atoms with Gasteiger partial charge in [-0.15, -0.1) is 0 Å². The zero-order valence-corrected chi connectivity index (χ0v) is 8.88. The van der Waals surface area contributed by atoms with Gasteiger partial charge in [0.05, 0.1) is 30.2 Å². The number of hydrogen-bond donors (Lipinski definition) is 2. The Bertz CT molecular complexity index is 525. The molecule has 2 heterocycles. The molecule has 0 bridgehead atoms. The topological polar surface area (TPSA) is 92.2 Å². The third-order valence-corrected chi connectivity index (χ3v) is 4.04. The van der Waals surface area contributed by atoms with Gasteiger partial charge in [0.15, 0.2) is 9.84 Å². The van der Waals surface area contributed by atoms with E-state index >= 15 is 0 Å². The number of aryl methyl sites for hydroxylation is 1. The van der Waals surface area contributed by atoms with E-state index in [2.05, 4.69) is 5.10 Å². The molecule has 0 unspecified atom stereocenters. The van der Waals surface area contributed by atoms with Gasteiger partial charge in [0.25, 0.3) is 5.56 Å². The predicted molar refractivity (Wildman–Crippen MR) is 53.3 cm³/mol. The summed E-state index contributed by atoms with van der Waals surface area (Å²) in [6.07, 6.45) is 0.353. The van der Waals surface area contributed by atoms with Crippen LogP contribution in [-0.4, -0.2) is 35.7 Å². The lowest BCUT2D eigenvalue weighted by atomic mass is 10.2. The maximum absolute atomic E-state index is 11.6. The molecule has 0 radical (unpaired) electrons. The lowest BCUT2D eigenvalue weighted by Gasteiger charge is -2.09. The average Bonchev–Trinajstić information content (AvgIpc) is 2.44. The second kappa shape index (κ2) is 3.49. The minimum Gasteiger partial charge on any atom is -0.394 e. The van der Waals surface area contributed by atoms with Crippen molar-refractivity contribution < 1.29 is 13.5 Å². The summed E-state index contributed by atoms with van der Waals surface area (Å²) < 4.78 is 23.9. The molecule has 1 aliphatic heterocycles. The van der Waals surface area contributed by atoms with Gasteiger partial charge < -0.3 is 5.11 Å². The molecule has 0 aromatic carbocycles. The highest BCUT2D eigenvalue weighted by molar-refractivity contribution is 7.90. The molecule has 0 fully saturated rings. The Morgan fingerprint density at radius 3 is 2.87 bits per heavy atom. The fourth-order valence-electron chi connectivity index (χ4n) is 1.74. The number of nitrogens with zero attached hydrogens (tertiary/aromatic N) is 1. The van der Waals surface area contributed by atoms with Crippen LogP contribution in [0, 0.1) is 0 Å². The molecule has 0 amide bonds. The first-order valence-electron chi connectivity index (χ1n) is 4.65. The van der Waals surface area contributed by atoms with Crippen LogP contribution in [0.3, 0.4) is 0 Å². The monoisotopic (exact) mass is 232 g/mol. The average molecular weight is 232 g/mol. The second-order valence-electron chi connectivity index (χ2n) is 3.59. The Hall–Kier alpha value is -1.08. The largest absolute Gasteiger partial charge is 0.394 e. The van der Waals surface area contributed by atoms with Gasteiger partial charge in [-0.1, -0.05) is 0 Å². The Morgan fingerprint density at radius 2 is 2.20 bits per heavy atom. The minimum atomic E-state index is -3.12. The van der Waals surface area contributed by atoms with Gasteiger partial charge >= 0.3 is 0 Å². The van der Waals surface area contributed by atoms with Gasteiger partial charge in [0.2, 0.25) is 0 Å². The number of fused-ring (bicyclic) bond motifs is 1. The van der Waals surface area contributed by atoms with Crippen LogP contribution in [0.5, 0.6) is 0 Å². The second-order valence-corrected chi connectivity index (χ2v) is 5.78. The number of aromatic amines is 1. The minimum absolute atomic E-state index is 0.0824. The summed E-state index contributed by atoms with van der Waals surface area (Å²) in [5.74, 6) is -0.102. The van der Waals surface area contributed by atoms with Crippen LogP contribution in [0.1, 0.15) is 11.3 Å². The van der Waals surface area contributed by atoms with Crippen molar-refractivity contribution in [3.8, 4) is 0 Å². The molecular formula is C8H12N2O4S. The van der Waals surface area contributed by atoms with E-state index in [0.29, 0.717) is 17.7 Å². The van der Waals surface area contributed by atoms with Crippen molar-refractivity contribution in [2.75, 3.05) is 12.4 Å². The highest BCUT2D eigenvalue weighted by Gasteiger charge is 2.26. The zero-order valence-electron chi connectivity index (χ0n) is 8.06. The van der Waals surface area contributed by atoms with E-state index in [9.17, 15) is 13.2 Å². The first kappa shape index (κ1) is 10.4. The van der Waals surface area contributed by atoms with Gasteiger partial charge in [-0.3, -0.25) is 14.6 Å². The summed E-state index contributed by atoms with van der Waals surface area (Å²) in [5, 5.41) is 11.5. The molecule has 6 nitrogen and oxygen atoms in total. The summed E-state index contributed by atoms with van der Waals surface area (Å²) in [7, 11) is -3.12. The third kappa shape index (κ3) is 1.84. The number of sulfone groups is 1. The number of aromatic nitrogens is 2. The number of aliphatic hydroxyl groups excluding tert-OH is 1. The van der Waals surface area contributed by atoms with E-state index < -0.39 is 9.84 Å². The van der Waals surface area contributed by atoms with Crippen molar-refractivity contribution in [1.29, 1.82) is 0 Å². The van der Waals surface area contributed by atoms with Gasteiger partial charge in [0, 0.05) is 12.1 Å². The molecule has 1 aliphatic rings. The quantitative estimate of drug-likeness (QED) is 0.658. The molecule has 0 aliphatic carbocycles. The summed E-state index contributed by atoms with van der Waals surface area (Å²) in [6.45, 7) is 0.0257. The van der Waals surface area contributed by atoms with E-state index in [1.807, 2.05) is 0 Å². The molecule has 84 valence electrons. The molecule has 0 saturated carbocycles. The molecule has 7 heteroatoms. The lowest BCUT2D eigenvalue weighted by Crippen LogP contribution is -2.25. The lowest BCUT2D eigenvalue weighted by molar-refractivity contribution is 0.267. The van der Waals surface area contributed by atoms with Crippen LogP contribution in [0.2, 0.25) is 0 Å². The molecule has 0 atom stereocenters. The Labute approximate surface area is 86.4 Å². The third-order valence-electron chi connectivity index (χ3n) is 2.49. The fraction of sp³-hybridized carbons (Fsp3) is 0.625. The van der Waals surface area contributed by atoms with Gasteiger partial charge in [-0.25, -0.2) is 8.42 Å².